The molecule has 0 atom stereocenters. The van der Waals surface area contributed by atoms with E-state index in [1.165, 1.54) is 0 Å². The van der Waals surface area contributed by atoms with E-state index in [1.54, 1.807) is 24.3 Å². The van der Waals surface area contributed by atoms with Gasteiger partial charge >= 0.3 is 0 Å². The maximum atomic E-state index is 9.00. The minimum atomic E-state index is -0.833. The molecule has 0 spiro atoms. The normalized spacial score (nSPS) is 7.82. The molecule has 3 aromatic carbocycles. The van der Waals surface area contributed by atoms with Crippen molar-refractivity contribution in [1.29, 1.82) is 0 Å². The molecule has 0 aliphatic carbocycles. The summed E-state index contributed by atoms with van der Waals surface area (Å²) in [5, 5.41) is 14.8. The molecule has 0 aliphatic heterocycles. The SMILES string of the molecule is CC(=O)O.CC(=O)O.Nc1ccccc1N.[CH2-]c1ccccc1[NH-].[CH2-]c1ccccc1[NH-].[Cu].[Cu]. The fraction of sp³-hybridized carbons (Fsp3) is 0.0833. The average molecular weight is 566 g/mol. The monoisotopic (exact) mass is 564 g/mol. The molecule has 34 heavy (non-hydrogen) atoms. The number of carboxylic acid groups (broad SMARTS) is 2. The number of benzene rings is 3. The number of carboxylic acids is 2. The van der Waals surface area contributed by atoms with Crippen LogP contribution in [0.3, 0.4) is 0 Å². The molecule has 0 heterocycles. The minimum absolute atomic E-state index is 0. The summed E-state index contributed by atoms with van der Waals surface area (Å²) in [5.74, 6) is -1.67. The third-order valence-electron chi connectivity index (χ3n) is 3.03. The quantitative estimate of drug-likeness (QED) is 0.145. The van der Waals surface area contributed by atoms with Gasteiger partial charge in [-0.1, -0.05) is 24.3 Å². The van der Waals surface area contributed by atoms with E-state index < -0.39 is 11.9 Å². The van der Waals surface area contributed by atoms with E-state index in [1.807, 2.05) is 48.5 Å². The first-order valence-corrected chi connectivity index (χ1v) is 9.12. The van der Waals surface area contributed by atoms with Crippen molar-refractivity contribution < 1.29 is 53.9 Å². The Morgan fingerprint density at radius 1 is 0.647 bits per heavy atom. The van der Waals surface area contributed by atoms with Crippen molar-refractivity contribution in [3.05, 3.63) is 109 Å². The van der Waals surface area contributed by atoms with Gasteiger partial charge in [0.1, 0.15) is 0 Å². The van der Waals surface area contributed by atoms with Crippen LogP contribution in [0.25, 0.3) is 11.5 Å². The van der Waals surface area contributed by atoms with Crippen LogP contribution in [0.4, 0.5) is 22.7 Å². The van der Waals surface area contributed by atoms with Crippen LogP contribution in [0.1, 0.15) is 25.0 Å². The molecule has 0 saturated carbocycles. The van der Waals surface area contributed by atoms with Crippen LogP contribution in [0.5, 0.6) is 0 Å². The van der Waals surface area contributed by atoms with Gasteiger partial charge in [0.15, 0.2) is 0 Å². The van der Waals surface area contributed by atoms with Gasteiger partial charge < -0.3 is 33.1 Å². The predicted molar refractivity (Wildman–Crippen MR) is 132 cm³/mol. The summed E-state index contributed by atoms with van der Waals surface area (Å²) < 4.78 is 0. The van der Waals surface area contributed by atoms with Crippen LogP contribution in [0, 0.1) is 13.8 Å². The molecule has 0 saturated heterocycles. The number of nitrogen functional groups attached to an aromatic ring is 2. The summed E-state index contributed by atoms with van der Waals surface area (Å²) in [4.78, 5) is 18.0. The molecule has 0 aromatic heterocycles. The molecular formula is C24H30Cu2N4O4-4. The van der Waals surface area contributed by atoms with Gasteiger partial charge in [0, 0.05) is 48.0 Å². The second-order valence-electron chi connectivity index (χ2n) is 5.98. The number of rotatable bonds is 0. The predicted octanol–water partition coefficient (Wildman–Crippen LogP) is 6.13. The van der Waals surface area contributed by atoms with E-state index >= 15 is 0 Å². The topological polar surface area (TPSA) is 174 Å². The molecule has 0 aliphatic rings. The van der Waals surface area contributed by atoms with Crippen LogP contribution in [0.15, 0.2) is 72.8 Å². The van der Waals surface area contributed by atoms with Crippen molar-refractivity contribution in [1.82, 2.24) is 0 Å². The molecule has 0 unspecified atom stereocenters. The zero-order valence-corrected chi connectivity index (χ0v) is 20.7. The summed E-state index contributed by atoms with van der Waals surface area (Å²) >= 11 is 0. The number of hydrogen-bond acceptors (Lipinski definition) is 4. The van der Waals surface area contributed by atoms with Crippen LogP contribution < -0.4 is 11.5 Å². The van der Waals surface area contributed by atoms with Crippen molar-refractivity contribution in [2.75, 3.05) is 11.5 Å². The number of nitrogens with one attached hydrogen (secondary N) is 2. The molecular weight excluding hydrogens is 535 g/mol. The number of aliphatic carboxylic acids is 2. The summed E-state index contributed by atoms with van der Waals surface area (Å²) in [6, 6.07) is 21.8. The first-order valence-electron chi connectivity index (χ1n) is 9.12. The number of anilines is 2. The fourth-order valence-corrected chi connectivity index (χ4v) is 1.55. The van der Waals surface area contributed by atoms with Crippen LogP contribution >= 0.6 is 0 Å². The van der Waals surface area contributed by atoms with Crippen molar-refractivity contribution in [2.45, 2.75) is 13.8 Å². The number of hydrogen-bond donors (Lipinski definition) is 4. The van der Waals surface area contributed by atoms with E-state index in [0.29, 0.717) is 22.7 Å². The largest absolute Gasteiger partial charge is 0.756 e. The number of para-hydroxylation sites is 2. The molecule has 0 amide bonds. The van der Waals surface area contributed by atoms with Crippen LogP contribution in [-0.2, 0) is 43.7 Å². The first-order chi connectivity index (χ1) is 14.9. The molecule has 0 fully saturated rings. The summed E-state index contributed by atoms with van der Waals surface area (Å²) in [5.41, 5.74) is 29.0. The summed E-state index contributed by atoms with van der Waals surface area (Å²) in [6.45, 7) is 9.43. The van der Waals surface area contributed by atoms with Gasteiger partial charge in [0.2, 0.25) is 0 Å². The van der Waals surface area contributed by atoms with Gasteiger partial charge in [-0.25, -0.2) is 25.0 Å². The van der Waals surface area contributed by atoms with Crippen molar-refractivity contribution in [3.8, 4) is 0 Å². The second-order valence-corrected chi connectivity index (χ2v) is 5.98. The first kappa shape index (κ1) is 37.9. The third-order valence-corrected chi connectivity index (χ3v) is 3.03. The second kappa shape index (κ2) is 22.8. The molecule has 8 N–H and O–H groups in total. The molecule has 10 heteroatoms. The van der Waals surface area contributed by atoms with Gasteiger partial charge in [-0.05, 0) is 12.1 Å². The van der Waals surface area contributed by atoms with E-state index in [9.17, 15) is 0 Å². The van der Waals surface area contributed by atoms with Crippen molar-refractivity contribution in [3.63, 3.8) is 0 Å². The Balaban J connectivity index is -0.000000168. The fourth-order valence-electron chi connectivity index (χ4n) is 1.55. The minimum Gasteiger partial charge on any atom is -0.756 e. The molecule has 196 valence electrons. The molecule has 0 bridgehead atoms. The van der Waals surface area contributed by atoms with E-state index in [0.717, 1.165) is 25.0 Å². The Morgan fingerprint density at radius 2 is 0.853 bits per heavy atom. The summed E-state index contributed by atoms with van der Waals surface area (Å²) in [6.07, 6.45) is 0. The smallest absolute Gasteiger partial charge is 0.300 e. The standard InChI is InChI=1S/2C7H7N.C6H8N2.2C2H4O2.2Cu/c2*1-6-4-2-3-5-7(6)8;7-5-3-1-2-4-6(5)8;2*1-2(3)4;;/h2*2-5,8H,1H2;1-4H,7-8H2;2*1H3,(H,3,4);;/q2*-2;;;;;. The molecule has 3 rings (SSSR count). The zero-order valence-electron chi connectivity index (χ0n) is 18.8. The van der Waals surface area contributed by atoms with E-state index in [4.69, 9.17) is 42.7 Å². The van der Waals surface area contributed by atoms with Crippen LogP contribution in [0.2, 0.25) is 0 Å². The third kappa shape index (κ3) is 24.8. The Morgan fingerprint density at radius 3 is 1.00 bits per heavy atom. The number of nitrogens with two attached hydrogens (primary N) is 2. The van der Waals surface area contributed by atoms with Crippen LogP contribution in [-0.4, -0.2) is 22.2 Å². The van der Waals surface area contributed by atoms with E-state index in [2.05, 4.69) is 13.8 Å². The zero-order chi connectivity index (χ0) is 25.1. The molecule has 8 nitrogen and oxygen atoms in total. The molecule has 2 radical (unpaired) electrons. The van der Waals surface area contributed by atoms with Gasteiger partial charge in [-0.2, -0.15) is 12.1 Å². The Kier molecular flexibility index (Phi) is 25.4. The Labute approximate surface area is 222 Å². The van der Waals surface area contributed by atoms with Gasteiger partial charge in [0.05, 0.1) is 11.4 Å². The Hall–Kier alpha value is -3.42. The van der Waals surface area contributed by atoms with Crippen molar-refractivity contribution in [2.24, 2.45) is 0 Å². The maximum Gasteiger partial charge on any atom is 0.300 e. The number of carbonyl (C=O) groups is 2. The van der Waals surface area contributed by atoms with Crippen molar-refractivity contribution >= 4 is 34.7 Å². The van der Waals surface area contributed by atoms with Gasteiger partial charge in [0.25, 0.3) is 11.9 Å². The summed E-state index contributed by atoms with van der Waals surface area (Å²) in [7, 11) is 0. The van der Waals surface area contributed by atoms with Gasteiger partial charge in [-0.15, -0.1) is 24.3 Å². The van der Waals surface area contributed by atoms with E-state index in [-0.39, 0.29) is 34.1 Å². The molecule has 3 aromatic rings. The Bertz CT molecular complexity index is 771. The maximum absolute atomic E-state index is 9.00. The average Bonchev–Trinajstić information content (AvgIpc) is 2.69. The van der Waals surface area contributed by atoms with Gasteiger partial charge in [-0.3, -0.25) is 21.0 Å².